The second-order valence-corrected chi connectivity index (χ2v) is 5.11. The first kappa shape index (κ1) is 16.7. The Kier molecular flexibility index (Phi) is 5.90. The van der Waals surface area contributed by atoms with Crippen molar-refractivity contribution in [3.05, 3.63) is 54.2 Å². The molecule has 7 heteroatoms. The van der Waals surface area contributed by atoms with Gasteiger partial charge in [-0.3, -0.25) is 4.79 Å². The van der Waals surface area contributed by atoms with Crippen LogP contribution < -0.4 is 11.5 Å². The molecule has 0 fully saturated rings. The predicted molar refractivity (Wildman–Crippen MR) is 89.0 cm³/mol. The monoisotopic (exact) mass is 315 g/mol. The van der Waals surface area contributed by atoms with Crippen molar-refractivity contribution in [3.63, 3.8) is 0 Å². The number of aromatic amines is 2. The number of hydrogen-bond acceptors (Lipinski definition) is 4. The summed E-state index contributed by atoms with van der Waals surface area (Å²) in [7, 11) is 0. The van der Waals surface area contributed by atoms with E-state index in [-0.39, 0.29) is 0 Å². The number of fused-ring (bicyclic) bond motifs is 1. The van der Waals surface area contributed by atoms with Crippen molar-refractivity contribution < 1.29 is 9.90 Å². The molecule has 0 aliphatic carbocycles. The van der Waals surface area contributed by atoms with E-state index in [0.717, 1.165) is 28.6 Å². The summed E-state index contributed by atoms with van der Waals surface area (Å²) in [6.07, 6.45) is 6.54. The molecule has 0 amide bonds. The number of rotatable bonds is 5. The second kappa shape index (κ2) is 8.11. The standard InChI is InChI=1S/C11H12N2O2.C5H9N3/c12-9(11(14)15)5-7-6-13-10-4-2-1-3-8(7)10;6-2-1-5-3-7-4-8-5/h1-4,6,9,13H,5,12H2,(H,14,15);3-4H,1-2,6H2,(H,7,8). The number of nitrogens with zero attached hydrogens (tertiary/aromatic N) is 1. The Labute approximate surface area is 133 Å². The van der Waals surface area contributed by atoms with Gasteiger partial charge in [0.25, 0.3) is 0 Å². The molecular formula is C16H21N5O2. The summed E-state index contributed by atoms with van der Waals surface area (Å²) in [5, 5.41) is 9.75. The second-order valence-electron chi connectivity index (χ2n) is 5.11. The third-order valence-electron chi connectivity index (χ3n) is 3.39. The Hall–Kier alpha value is -2.64. The van der Waals surface area contributed by atoms with Gasteiger partial charge in [-0.2, -0.15) is 0 Å². The minimum Gasteiger partial charge on any atom is -0.480 e. The number of nitrogens with one attached hydrogen (secondary N) is 2. The number of hydrogen-bond donors (Lipinski definition) is 5. The zero-order chi connectivity index (χ0) is 16.7. The highest BCUT2D eigenvalue weighted by atomic mass is 16.4. The van der Waals surface area contributed by atoms with Gasteiger partial charge in [0.1, 0.15) is 6.04 Å². The van der Waals surface area contributed by atoms with Gasteiger partial charge >= 0.3 is 5.97 Å². The number of H-pyrrole nitrogens is 2. The number of carboxylic acid groups (broad SMARTS) is 1. The largest absolute Gasteiger partial charge is 0.480 e. The van der Waals surface area contributed by atoms with Crippen molar-refractivity contribution in [1.29, 1.82) is 0 Å². The summed E-state index contributed by atoms with van der Waals surface area (Å²) < 4.78 is 0. The van der Waals surface area contributed by atoms with Crippen LogP contribution in [0.2, 0.25) is 0 Å². The number of aliphatic carboxylic acids is 1. The molecular weight excluding hydrogens is 294 g/mol. The van der Waals surface area contributed by atoms with Gasteiger partial charge in [0.05, 0.1) is 12.0 Å². The Morgan fingerprint density at radius 3 is 2.74 bits per heavy atom. The van der Waals surface area contributed by atoms with E-state index >= 15 is 0 Å². The fourth-order valence-electron chi connectivity index (χ4n) is 2.20. The molecule has 23 heavy (non-hydrogen) atoms. The van der Waals surface area contributed by atoms with E-state index in [4.69, 9.17) is 16.6 Å². The van der Waals surface area contributed by atoms with E-state index in [1.54, 1.807) is 6.33 Å². The maximum absolute atomic E-state index is 10.6. The van der Waals surface area contributed by atoms with Gasteiger partial charge in [0.2, 0.25) is 0 Å². The lowest BCUT2D eigenvalue weighted by Gasteiger charge is -2.04. The van der Waals surface area contributed by atoms with Crippen LogP contribution in [0.25, 0.3) is 10.9 Å². The molecule has 0 aliphatic rings. The number of nitrogens with two attached hydrogens (primary N) is 2. The number of aromatic nitrogens is 3. The number of benzene rings is 1. The quantitative estimate of drug-likeness (QED) is 0.479. The zero-order valence-corrected chi connectivity index (χ0v) is 12.7. The van der Waals surface area contributed by atoms with Gasteiger partial charge in [-0.05, 0) is 18.2 Å². The van der Waals surface area contributed by atoms with Gasteiger partial charge in [-0.1, -0.05) is 18.2 Å². The van der Waals surface area contributed by atoms with E-state index < -0.39 is 12.0 Å². The van der Waals surface area contributed by atoms with Crippen molar-refractivity contribution in [2.75, 3.05) is 6.54 Å². The van der Waals surface area contributed by atoms with Crippen molar-refractivity contribution in [1.82, 2.24) is 15.0 Å². The molecule has 0 spiro atoms. The number of carboxylic acids is 1. The Morgan fingerprint density at radius 2 is 2.09 bits per heavy atom. The van der Waals surface area contributed by atoms with Crippen LogP contribution >= 0.6 is 0 Å². The van der Waals surface area contributed by atoms with E-state index in [2.05, 4.69) is 15.0 Å². The molecule has 7 N–H and O–H groups in total. The van der Waals surface area contributed by atoms with Gasteiger partial charge in [-0.25, -0.2) is 4.98 Å². The first-order chi connectivity index (χ1) is 11.1. The van der Waals surface area contributed by atoms with Crippen molar-refractivity contribution in [2.45, 2.75) is 18.9 Å². The molecule has 2 aromatic heterocycles. The third-order valence-corrected chi connectivity index (χ3v) is 3.39. The van der Waals surface area contributed by atoms with Crippen LogP contribution in [0.5, 0.6) is 0 Å². The molecule has 122 valence electrons. The van der Waals surface area contributed by atoms with Crippen LogP contribution in [0.3, 0.4) is 0 Å². The molecule has 3 aromatic rings. The summed E-state index contributed by atoms with van der Waals surface area (Å²) in [5.74, 6) is -0.972. The summed E-state index contributed by atoms with van der Waals surface area (Å²) in [6, 6.07) is 6.91. The first-order valence-electron chi connectivity index (χ1n) is 7.33. The normalized spacial score (nSPS) is 11.7. The minimum atomic E-state index is -0.972. The summed E-state index contributed by atoms with van der Waals surface area (Å²) in [5.41, 5.74) is 13.7. The molecule has 0 aliphatic heterocycles. The Morgan fingerprint density at radius 1 is 1.30 bits per heavy atom. The van der Waals surface area contributed by atoms with Crippen molar-refractivity contribution >= 4 is 16.9 Å². The first-order valence-corrected chi connectivity index (χ1v) is 7.33. The predicted octanol–water partition coefficient (Wildman–Crippen LogP) is 1.03. The Bertz CT molecular complexity index is 736. The molecule has 1 unspecified atom stereocenters. The maximum Gasteiger partial charge on any atom is 0.320 e. The maximum atomic E-state index is 10.6. The highest BCUT2D eigenvalue weighted by Crippen LogP contribution is 2.18. The van der Waals surface area contributed by atoms with Gasteiger partial charge in [0.15, 0.2) is 0 Å². The van der Waals surface area contributed by atoms with Crippen molar-refractivity contribution in [2.24, 2.45) is 11.5 Å². The smallest absolute Gasteiger partial charge is 0.320 e. The zero-order valence-electron chi connectivity index (χ0n) is 12.7. The number of imidazole rings is 1. The molecule has 1 aromatic carbocycles. The minimum absolute atomic E-state index is 0.347. The lowest BCUT2D eigenvalue weighted by Crippen LogP contribution is -2.32. The van der Waals surface area contributed by atoms with E-state index in [1.807, 2.05) is 36.7 Å². The molecule has 7 nitrogen and oxygen atoms in total. The van der Waals surface area contributed by atoms with Crippen LogP contribution in [0.15, 0.2) is 43.0 Å². The van der Waals surface area contributed by atoms with Crippen LogP contribution in [0, 0.1) is 0 Å². The Balaban J connectivity index is 0.000000203. The molecule has 0 saturated heterocycles. The molecule has 0 saturated carbocycles. The fourth-order valence-corrected chi connectivity index (χ4v) is 2.20. The molecule has 1 atom stereocenters. The lowest BCUT2D eigenvalue weighted by molar-refractivity contribution is -0.138. The van der Waals surface area contributed by atoms with Crippen LogP contribution in [-0.4, -0.2) is 38.6 Å². The van der Waals surface area contributed by atoms with Gasteiger partial charge in [0, 0.05) is 36.1 Å². The fraction of sp³-hybridized carbons (Fsp3) is 0.250. The number of carbonyl (C=O) groups is 1. The van der Waals surface area contributed by atoms with E-state index in [9.17, 15) is 4.79 Å². The summed E-state index contributed by atoms with van der Waals surface area (Å²) in [4.78, 5) is 20.5. The molecule has 2 heterocycles. The molecule has 0 radical (unpaired) electrons. The van der Waals surface area contributed by atoms with Crippen molar-refractivity contribution in [3.8, 4) is 0 Å². The lowest BCUT2D eigenvalue weighted by atomic mass is 10.1. The summed E-state index contributed by atoms with van der Waals surface area (Å²) >= 11 is 0. The topological polar surface area (TPSA) is 134 Å². The van der Waals surface area contributed by atoms with Crippen LogP contribution in [-0.2, 0) is 17.6 Å². The SMILES string of the molecule is NC(Cc1c[nH]c2ccccc12)C(=O)O.NCCc1c[nH]cn1. The number of para-hydroxylation sites is 1. The summed E-state index contributed by atoms with van der Waals surface area (Å²) in [6.45, 7) is 0.671. The van der Waals surface area contributed by atoms with Crippen LogP contribution in [0.1, 0.15) is 11.3 Å². The third kappa shape index (κ3) is 4.67. The van der Waals surface area contributed by atoms with E-state index in [0.29, 0.717) is 13.0 Å². The average Bonchev–Trinajstić information content (AvgIpc) is 3.19. The van der Waals surface area contributed by atoms with E-state index in [1.165, 1.54) is 0 Å². The average molecular weight is 315 g/mol. The van der Waals surface area contributed by atoms with Crippen LogP contribution in [0.4, 0.5) is 0 Å². The molecule has 3 rings (SSSR count). The highest BCUT2D eigenvalue weighted by Gasteiger charge is 2.14. The van der Waals surface area contributed by atoms with Gasteiger partial charge < -0.3 is 26.5 Å². The highest BCUT2D eigenvalue weighted by molar-refractivity contribution is 5.84. The van der Waals surface area contributed by atoms with Gasteiger partial charge in [-0.15, -0.1) is 0 Å². The molecule has 0 bridgehead atoms.